The fraction of sp³-hybridized carbons (Fsp3) is 0. The molecule has 0 aliphatic heterocycles. The van der Waals surface area contributed by atoms with E-state index in [2.05, 4.69) is 0 Å². The van der Waals surface area contributed by atoms with E-state index in [1.54, 1.807) is 36.4 Å². The van der Waals surface area contributed by atoms with Gasteiger partial charge in [0.25, 0.3) is 5.70 Å². The number of nitro groups is 1. The van der Waals surface area contributed by atoms with Crippen molar-refractivity contribution in [3.8, 4) is 0 Å². The molecule has 0 aliphatic rings. The molecule has 0 spiro atoms. The van der Waals surface area contributed by atoms with Gasteiger partial charge in [0.1, 0.15) is 0 Å². The Labute approximate surface area is 155 Å². The average molecular weight is 368 g/mol. The van der Waals surface area contributed by atoms with Gasteiger partial charge in [0.15, 0.2) is 0 Å². The minimum absolute atomic E-state index is 0.0896. The molecule has 0 saturated carbocycles. The second-order valence-corrected chi connectivity index (χ2v) is 6.74. The maximum Gasteiger partial charge on any atom is 0.290 e. The van der Waals surface area contributed by atoms with Gasteiger partial charge in [-0.25, -0.2) is 0 Å². The summed E-state index contributed by atoms with van der Waals surface area (Å²) in [4.78, 5) is 13.0. The first-order valence-corrected chi connectivity index (χ1v) is 8.77. The van der Waals surface area contributed by atoms with Gasteiger partial charge in [0.05, 0.1) is 15.4 Å². The number of halogens is 1. The topological polar surface area (TPSA) is 43.1 Å². The molecule has 3 aromatic rings. The summed E-state index contributed by atoms with van der Waals surface area (Å²) in [5.41, 5.74) is 1.47. The predicted octanol–water partition coefficient (Wildman–Crippen LogP) is 6.23. The first-order valence-electron chi connectivity index (χ1n) is 7.58. The van der Waals surface area contributed by atoms with Crippen molar-refractivity contribution in [1.29, 1.82) is 0 Å². The van der Waals surface area contributed by atoms with Gasteiger partial charge in [0, 0.05) is 9.92 Å². The maximum absolute atomic E-state index is 11.9. The standard InChI is InChI=1S/C20H14ClNO2S/c21-17-11-13-18(14-12-17)25-20(16-9-5-2-6-10-16)19(22(23)24)15-7-3-1-4-8-15/h1-14H/b20-19+. The van der Waals surface area contributed by atoms with Gasteiger partial charge >= 0.3 is 0 Å². The van der Waals surface area contributed by atoms with Gasteiger partial charge in [-0.3, -0.25) is 10.1 Å². The predicted molar refractivity (Wildman–Crippen MR) is 104 cm³/mol. The zero-order chi connectivity index (χ0) is 17.6. The number of benzene rings is 3. The Kier molecular flexibility index (Phi) is 5.53. The molecular weight excluding hydrogens is 354 g/mol. The van der Waals surface area contributed by atoms with Gasteiger partial charge in [0.2, 0.25) is 0 Å². The van der Waals surface area contributed by atoms with Crippen LogP contribution in [0.2, 0.25) is 5.02 Å². The van der Waals surface area contributed by atoms with E-state index in [1.165, 1.54) is 11.8 Å². The van der Waals surface area contributed by atoms with Crippen LogP contribution < -0.4 is 0 Å². The third-order valence-electron chi connectivity index (χ3n) is 3.51. The van der Waals surface area contributed by atoms with E-state index in [1.807, 2.05) is 48.5 Å². The highest BCUT2D eigenvalue weighted by molar-refractivity contribution is 8.08. The van der Waals surface area contributed by atoms with Crippen molar-refractivity contribution in [2.45, 2.75) is 4.90 Å². The van der Waals surface area contributed by atoms with Crippen LogP contribution in [0.3, 0.4) is 0 Å². The Morgan fingerprint density at radius 3 is 1.84 bits per heavy atom. The van der Waals surface area contributed by atoms with Crippen molar-refractivity contribution < 1.29 is 4.92 Å². The van der Waals surface area contributed by atoms with Gasteiger partial charge in [-0.2, -0.15) is 0 Å². The molecule has 3 rings (SSSR count). The molecule has 0 atom stereocenters. The third kappa shape index (κ3) is 4.29. The lowest BCUT2D eigenvalue weighted by molar-refractivity contribution is -0.374. The Bertz CT molecular complexity index is 894. The SMILES string of the molecule is O=[N+]([O-])/C(=C(/Sc1ccc(Cl)cc1)c1ccccc1)c1ccccc1. The summed E-state index contributed by atoms with van der Waals surface area (Å²) in [6, 6.07) is 25.6. The van der Waals surface area contributed by atoms with Crippen LogP contribution in [0.25, 0.3) is 10.6 Å². The van der Waals surface area contributed by atoms with E-state index in [9.17, 15) is 10.1 Å². The lowest BCUT2D eigenvalue weighted by Crippen LogP contribution is -2.01. The van der Waals surface area contributed by atoms with Crippen LogP contribution in [-0.2, 0) is 0 Å². The summed E-state index contributed by atoms with van der Waals surface area (Å²) in [5.74, 6) is 0. The Morgan fingerprint density at radius 1 is 0.800 bits per heavy atom. The molecule has 0 saturated heterocycles. The van der Waals surface area contributed by atoms with Crippen molar-refractivity contribution in [2.75, 3.05) is 0 Å². The molecular formula is C20H14ClNO2S. The average Bonchev–Trinajstić information content (AvgIpc) is 2.64. The zero-order valence-corrected chi connectivity index (χ0v) is 14.7. The van der Waals surface area contributed by atoms with Crippen molar-refractivity contribution in [3.05, 3.63) is 111 Å². The maximum atomic E-state index is 11.9. The van der Waals surface area contributed by atoms with E-state index in [0.717, 1.165) is 10.5 Å². The first kappa shape index (κ1) is 17.3. The van der Waals surface area contributed by atoms with E-state index < -0.39 is 0 Å². The molecule has 124 valence electrons. The summed E-state index contributed by atoms with van der Waals surface area (Å²) < 4.78 is 0. The molecule has 0 heterocycles. The summed E-state index contributed by atoms with van der Waals surface area (Å²) in [7, 11) is 0. The second-order valence-electron chi connectivity index (χ2n) is 5.22. The lowest BCUT2D eigenvalue weighted by atomic mass is 10.1. The fourth-order valence-corrected chi connectivity index (χ4v) is 3.55. The molecule has 0 aromatic heterocycles. The van der Waals surface area contributed by atoms with Crippen molar-refractivity contribution in [1.82, 2.24) is 0 Å². The van der Waals surface area contributed by atoms with E-state index in [-0.39, 0.29) is 10.6 Å². The molecule has 3 nitrogen and oxygen atoms in total. The van der Waals surface area contributed by atoms with Crippen LogP contribution in [0, 0.1) is 10.1 Å². The molecule has 0 fully saturated rings. The van der Waals surface area contributed by atoms with Crippen LogP contribution >= 0.6 is 23.4 Å². The van der Waals surface area contributed by atoms with Crippen LogP contribution in [0.4, 0.5) is 0 Å². The molecule has 0 unspecified atom stereocenters. The summed E-state index contributed by atoms with van der Waals surface area (Å²) >= 11 is 7.31. The molecule has 3 aromatic carbocycles. The highest BCUT2D eigenvalue weighted by Gasteiger charge is 2.23. The monoisotopic (exact) mass is 367 g/mol. The highest BCUT2D eigenvalue weighted by atomic mass is 35.5. The molecule has 0 N–H and O–H groups in total. The first-order chi connectivity index (χ1) is 12.1. The van der Waals surface area contributed by atoms with Crippen LogP contribution in [0.15, 0.2) is 89.8 Å². The van der Waals surface area contributed by atoms with Crippen LogP contribution in [0.1, 0.15) is 11.1 Å². The number of nitrogens with zero attached hydrogens (tertiary/aromatic N) is 1. The highest BCUT2D eigenvalue weighted by Crippen LogP contribution is 2.40. The minimum Gasteiger partial charge on any atom is -0.258 e. The van der Waals surface area contributed by atoms with Crippen molar-refractivity contribution in [2.24, 2.45) is 0 Å². The van der Waals surface area contributed by atoms with E-state index in [0.29, 0.717) is 15.5 Å². The largest absolute Gasteiger partial charge is 0.290 e. The zero-order valence-electron chi connectivity index (χ0n) is 13.1. The third-order valence-corrected chi connectivity index (χ3v) is 4.91. The normalized spacial score (nSPS) is 11.7. The minimum atomic E-state index is -0.319. The van der Waals surface area contributed by atoms with Gasteiger partial charge < -0.3 is 0 Å². The van der Waals surface area contributed by atoms with Gasteiger partial charge in [-0.1, -0.05) is 71.9 Å². The van der Waals surface area contributed by atoms with E-state index >= 15 is 0 Å². The van der Waals surface area contributed by atoms with Crippen molar-refractivity contribution >= 4 is 34.0 Å². The number of hydrogen-bond donors (Lipinski definition) is 0. The van der Waals surface area contributed by atoms with Gasteiger partial charge in [-0.05, 0) is 42.0 Å². The molecule has 0 aliphatic carbocycles. The molecule has 0 bridgehead atoms. The Morgan fingerprint density at radius 2 is 1.32 bits per heavy atom. The quantitative estimate of drug-likeness (QED) is 0.232. The summed E-state index contributed by atoms with van der Waals surface area (Å²) in [5, 5.41) is 12.5. The summed E-state index contributed by atoms with van der Waals surface area (Å²) in [6.07, 6.45) is 0. The lowest BCUT2D eigenvalue weighted by Gasteiger charge is -2.10. The van der Waals surface area contributed by atoms with Gasteiger partial charge in [-0.15, -0.1) is 0 Å². The molecule has 5 heteroatoms. The van der Waals surface area contributed by atoms with E-state index in [4.69, 9.17) is 11.6 Å². The molecule has 0 amide bonds. The number of hydrogen-bond acceptors (Lipinski definition) is 3. The number of thioether (sulfide) groups is 1. The van der Waals surface area contributed by atoms with Crippen molar-refractivity contribution in [3.63, 3.8) is 0 Å². The Balaban J connectivity index is 2.17. The fourth-order valence-electron chi connectivity index (χ4n) is 2.37. The number of rotatable bonds is 5. The summed E-state index contributed by atoms with van der Waals surface area (Å²) in [6.45, 7) is 0. The van der Waals surface area contributed by atoms with Crippen LogP contribution in [-0.4, -0.2) is 4.92 Å². The smallest absolute Gasteiger partial charge is 0.258 e. The van der Waals surface area contributed by atoms with Crippen LogP contribution in [0.5, 0.6) is 0 Å². The molecule has 0 radical (unpaired) electrons. The molecule has 25 heavy (non-hydrogen) atoms. The Hall–Kier alpha value is -2.56. The second kappa shape index (κ2) is 8.01.